The lowest BCUT2D eigenvalue weighted by molar-refractivity contribution is -0.128. The molecule has 0 unspecified atom stereocenters. The molecule has 226 valence electrons. The molecule has 0 aliphatic rings. The molecule has 17 nitrogen and oxygen atoms in total. The number of nitrogens with zero attached hydrogens (tertiary/aromatic N) is 4. The minimum atomic E-state index is -1.18. The van der Waals surface area contributed by atoms with E-state index in [1.165, 1.54) is 25.2 Å². The Kier molecular flexibility index (Phi) is 14.8. The molecule has 2 atom stereocenters. The van der Waals surface area contributed by atoms with Crippen LogP contribution in [0.3, 0.4) is 0 Å². The summed E-state index contributed by atoms with van der Waals surface area (Å²) < 4.78 is 4.90. The summed E-state index contributed by atoms with van der Waals surface area (Å²) in [6.07, 6.45) is -1.74. The fourth-order valence-corrected chi connectivity index (χ4v) is 3.53. The van der Waals surface area contributed by atoms with E-state index in [0.717, 1.165) is 4.90 Å². The third-order valence-corrected chi connectivity index (χ3v) is 5.69. The first-order chi connectivity index (χ1) is 19.4. The van der Waals surface area contributed by atoms with Gasteiger partial charge in [0.15, 0.2) is 0 Å². The van der Waals surface area contributed by atoms with Crippen molar-refractivity contribution in [1.29, 1.82) is 0 Å². The van der Waals surface area contributed by atoms with Crippen molar-refractivity contribution in [3.05, 3.63) is 39.8 Å². The number of carboxylic acid groups (broad SMARTS) is 1. The van der Waals surface area contributed by atoms with Crippen LogP contribution in [0.2, 0.25) is 0 Å². The number of aliphatic hydroxyl groups excluding tert-OH is 1. The maximum Gasteiger partial charge on any atom is 0.407 e. The first-order valence-electron chi connectivity index (χ1n) is 12.6. The largest absolute Gasteiger partial charge is 0.465 e. The second-order valence-electron chi connectivity index (χ2n) is 9.22. The lowest BCUT2D eigenvalue weighted by Gasteiger charge is -2.25. The number of anilines is 1. The molecule has 1 aromatic rings. The molecule has 8 N–H and O–H groups in total. The third kappa shape index (κ3) is 12.8. The number of benzene rings is 1. The number of hydrogen-bond donors (Lipinski definition) is 7. The molecule has 17 heteroatoms. The maximum atomic E-state index is 13.2. The molecular formula is C24H37N9O8. The highest BCUT2D eigenvalue weighted by Gasteiger charge is 2.29. The zero-order valence-electron chi connectivity index (χ0n) is 23.1. The fraction of sp³-hybridized carbons (Fsp3) is 0.542. The Morgan fingerprint density at radius 1 is 1.15 bits per heavy atom. The summed E-state index contributed by atoms with van der Waals surface area (Å²) in [6, 6.07) is 1.64. The number of carbonyl (C=O) groups is 5. The minimum absolute atomic E-state index is 0.0470. The lowest BCUT2D eigenvalue weighted by Crippen LogP contribution is -2.54. The summed E-state index contributed by atoms with van der Waals surface area (Å²) in [6.45, 7) is 2.81. The molecule has 0 saturated heterocycles. The molecule has 0 bridgehead atoms. The standard InChI is InChI=1S/C24H37N9O8/c1-14(2)19(31-23(38)41-10-9-28-32-26)21(36)30-18(5-4-8-27-22(25)37)20(35)29-17-7-6-15(13-34)16(11-17)12-33(3)24(39)40/h6-7,11,14,18-19,34H,4-5,8-10,12-13H2,1-3H3,(H,29,35)(H,30,36)(H,31,38)(H,39,40)(H3,25,27,37)/t18-,19-/m0/s1. The van der Waals surface area contributed by atoms with Gasteiger partial charge in [-0.3, -0.25) is 9.59 Å². The summed E-state index contributed by atoms with van der Waals surface area (Å²) in [7, 11) is 1.36. The van der Waals surface area contributed by atoms with Gasteiger partial charge in [-0.25, -0.2) is 14.4 Å². The zero-order valence-corrected chi connectivity index (χ0v) is 23.1. The number of amides is 6. The predicted molar refractivity (Wildman–Crippen MR) is 146 cm³/mol. The summed E-state index contributed by atoms with van der Waals surface area (Å²) in [5, 5.41) is 32.2. The van der Waals surface area contributed by atoms with Gasteiger partial charge in [0, 0.05) is 30.7 Å². The Hall–Kier alpha value is -4.76. The van der Waals surface area contributed by atoms with Crippen molar-refractivity contribution in [2.75, 3.05) is 32.1 Å². The molecule has 0 aliphatic heterocycles. The van der Waals surface area contributed by atoms with E-state index in [9.17, 15) is 34.2 Å². The van der Waals surface area contributed by atoms with E-state index in [-0.39, 0.29) is 51.4 Å². The van der Waals surface area contributed by atoms with E-state index >= 15 is 0 Å². The SMILES string of the molecule is CC(C)[C@H](NC(=O)OCCN=[N+]=[N-])C(=O)N[C@@H](CCCNC(N)=O)C(=O)Nc1ccc(CO)c(CN(C)C(=O)O)c1. The molecule has 6 amide bonds. The average Bonchev–Trinajstić information content (AvgIpc) is 2.91. The smallest absolute Gasteiger partial charge is 0.407 e. The second-order valence-corrected chi connectivity index (χ2v) is 9.22. The molecule has 0 fully saturated rings. The molecule has 0 spiro atoms. The summed E-state index contributed by atoms with van der Waals surface area (Å²) in [5.41, 5.74) is 14.6. The third-order valence-electron chi connectivity index (χ3n) is 5.69. The molecule has 1 aromatic carbocycles. The number of urea groups is 1. The zero-order chi connectivity index (χ0) is 30.9. The lowest BCUT2D eigenvalue weighted by atomic mass is 10.0. The quantitative estimate of drug-likeness (QED) is 0.0646. The van der Waals surface area contributed by atoms with Crippen LogP contribution in [0.5, 0.6) is 0 Å². The van der Waals surface area contributed by atoms with Crippen LogP contribution in [0.15, 0.2) is 23.3 Å². The van der Waals surface area contributed by atoms with Gasteiger partial charge in [0.25, 0.3) is 0 Å². The van der Waals surface area contributed by atoms with Gasteiger partial charge >= 0.3 is 18.2 Å². The highest BCUT2D eigenvalue weighted by molar-refractivity contribution is 5.98. The average molecular weight is 580 g/mol. The van der Waals surface area contributed by atoms with E-state index in [0.29, 0.717) is 11.1 Å². The summed E-state index contributed by atoms with van der Waals surface area (Å²) in [5.74, 6) is -1.69. The maximum absolute atomic E-state index is 13.2. The highest BCUT2D eigenvalue weighted by Crippen LogP contribution is 2.19. The Morgan fingerprint density at radius 3 is 2.44 bits per heavy atom. The number of primary amides is 1. The molecule has 0 radical (unpaired) electrons. The molecule has 1 rings (SSSR count). The molecule has 0 aromatic heterocycles. The monoisotopic (exact) mass is 579 g/mol. The first-order valence-corrected chi connectivity index (χ1v) is 12.6. The summed E-state index contributed by atoms with van der Waals surface area (Å²) >= 11 is 0. The van der Waals surface area contributed by atoms with Gasteiger partial charge in [-0.05, 0) is 47.6 Å². The van der Waals surface area contributed by atoms with Gasteiger partial charge in [0.1, 0.15) is 12.1 Å². The Labute approximate surface area is 236 Å². The topological polar surface area (TPSA) is 261 Å². The minimum Gasteiger partial charge on any atom is -0.465 e. The van der Waals surface area contributed by atoms with Crippen molar-refractivity contribution in [2.45, 2.75) is 51.9 Å². The van der Waals surface area contributed by atoms with Crippen molar-refractivity contribution in [2.24, 2.45) is 16.8 Å². The number of aliphatic hydroxyl groups is 1. The van der Waals surface area contributed by atoms with E-state index in [1.807, 2.05) is 0 Å². The Morgan fingerprint density at radius 2 is 1.85 bits per heavy atom. The number of rotatable bonds is 16. The first kappa shape index (κ1) is 34.3. The van der Waals surface area contributed by atoms with Crippen LogP contribution in [0.4, 0.5) is 20.1 Å². The number of alkyl carbamates (subject to hydrolysis) is 1. The van der Waals surface area contributed by atoms with E-state index < -0.39 is 48.0 Å². The van der Waals surface area contributed by atoms with Crippen molar-refractivity contribution < 1.29 is 38.9 Å². The van der Waals surface area contributed by atoms with Crippen molar-refractivity contribution >= 4 is 35.7 Å². The van der Waals surface area contributed by atoms with Crippen LogP contribution < -0.4 is 27.0 Å². The number of nitrogens with two attached hydrogens (primary N) is 1. The second kappa shape index (κ2) is 17.8. The molecule has 0 saturated carbocycles. The van der Waals surface area contributed by atoms with Crippen molar-refractivity contribution in [3.63, 3.8) is 0 Å². The summed E-state index contributed by atoms with van der Waals surface area (Å²) in [4.78, 5) is 64.3. The number of hydrogen-bond acceptors (Lipinski definition) is 8. The molecule has 41 heavy (non-hydrogen) atoms. The molecule has 0 aliphatic carbocycles. The molecule has 0 heterocycles. The number of carbonyl (C=O) groups excluding carboxylic acids is 4. The number of nitrogens with one attached hydrogen (secondary N) is 4. The van der Waals surface area contributed by atoms with E-state index in [4.69, 9.17) is 16.0 Å². The van der Waals surface area contributed by atoms with Crippen LogP contribution in [0, 0.1) is 5.92 Å². The van der Waals surface area contributed by atoms with Crippen LogP contribution in [0.25, 0.3) is 10.4 Å². The van der Waals surface area contributed by atoms with Gasteiger partial charge in [-0.15, -0.1) is 0 Å². The van der Waals surface area contributed by atoms with Gasteiger partial charge in [0.05, 0.1) is 19.8 Å². The van der Waals surface area contributed by atoms with Crippen LogP contribution in [0.1, 0.15) is 37.8 Å². The van der Waals surface area contributed by atoms with Gasteiger partial charge in [-0.1, -0.05) is 25.0 Å². The van der Waals surface area contributed by atoms with Crippen molar-refractivity contribution in [1.82, 2.24) is 20.9 Å². The van der Waals surface area contributed by atoms with Crippen LogP contribution in [-0.2, 0) is 27.5 Å². The van der Waals surface area contributed by atoms with E-state index in [2.05, 4.69) is 31.3 Å². The fourth-order valence-electron chi connectivity index (χ4n) is 3.53. The van der Waals surface area contributed by atoms with E-state index in [1.54, 1.807) is 13.8 Å². The van der Waals surface area contributed by atoms with Gasteiger partial charge in [0.2, 0.25) is 11.8 Å². The predicted octanol–water partition coefficient (Wildman–Crippen LogP) is 1.22. The van der Waals surface area contributed by atoms with Crippen LogP contribution in [-0.4, -0.2) is 84.0 Å². The molecular weight excluding hydrogens is 542 g/mol. The normalized spacial score (nSPS) is 11.8. The number of azide groups is 1. The Balaban J connectivity index is 3.07. The van der Waals surface area contributed by atoms with Gasteiger partial charge < -0.3 is 46.9 Å². The van der Waals surface area contributed by atoms with Crippen LogP contribution >= 0.6 is 0 Å². The van der Waals surface area contributed by atoms with Gasteiger partial charge in [-0.2, -0.15) is 0 Å². The van der Waals surface area contributed by atoms with Crippen molar-refractivity contribution in [3.8, 4) is 0 Å². The highest BCUT2D eigenvalue weighted by atomic mass is 16.5. The number of ether oxygens (including phenoxy) is 1. The Bertz CT molecular complexity index is 1120.